The molecule has 0 spiro atoms. The third kappa shape index (κ3) is 6.06. The molecule has 0 aromatic heterocycles. The Morgan fingerprint density at radius 1 is 1.08 bits per heavy atom. The summed E-state index contributed by atoms with van der Waals surface area (Å²) in [4.78, 5) is 28.5. The molecule has 1 aromatic carbocycles. The van der Waals surface area contributed by atoms with E-state index in [4.69, 9.17) is 4.84 Å². The maximum atomic E-state index is 12.4. The average molecular weight is 369 g/mol. The van der Waals surface area contributed by atoms with Crippen LogP contribution in [0, 0.1) is 5.92 Å². The number of nitrogens with one attached hydrogen (secondary N) is 2. The molecule has 0 bridgehead atoms. The van der Waals surface area contributed by atoms with E-state index in [1.807, 2.05) is 12.1 Å². The Labute approximate surface area is 177 Å². The van der Waals surface area contributed by atoms with Gasteiger partial charge in [-0.2, -0.15) is 0 Å². The molecule has 0 aliphatic carbocycles. The van der Waals surface area contributed by atoms with Gasteiger partial charge in [0.25, 0.3) is 0 Å². The number of benzene rings is 1. The summed E-state index contributed by atoms with van der Waals surface area (Å²) in [5.41, 5.74) is 2.21. The molecule has 2 N–H and O–H groups in total. The van der Waals surface area contributed by atoms with E-state index in [1.165, 1.54) is 25.3 Å². The fourth-order valence-corrected chi connectivity index (χ4v) is 3.63. The number of carbonyl (C=O) groups is 2. The van der Waals surface area contributed by atoms with E-state index in [2.05, 4.69) is 22.8 Å². The van der Waals surface area contributed by atoms with E-state index in [9.17, 15) is 9.59 Å². The monoisotopic (exact) mass is 369 g/mol. The van der Waals surface area contributed by atoms with Crippen LogP contribution in [0.5, 0.6) is 0 Å². The van der Waals surface area contributed by atoms with Crippen LogP contribution in [-0.2, 0) is 14.4 Å². The first-order chi connectivity index (χ1) is 12.1. The Hall–Kier alpha value is -0.920. The number of anilines is 1. The Bertz CT molecular complexity index is 595. The average Bonchev–Trinajstić information content (AvgIpc) is 2.63. The molecule has 7 heteroatoms. The maximum absolute atomic E-state index is 12.4. The summed E-state index contributed by atoms with van der Waals surface area (Å²) in [5, 5.41) is 8.04. The third-order valence-corrected chi connectivity index (χ3v) is 5.07. The minimum absolute atomic E-state index is 0. The Balaban J connectivity index is 0.00000243. The molecule has 1 aromatic rings. The van der Waals surface area contributed by atoms with Crippen molar-refractivity contribution in [3.63, 3.8) is 0 Å². The third-order valence-electron chi connectivity index (χ3n) is 5.07. The standard InChI is InChI=1S/C19H27N3O3.Na.H/c1-14(23)25-22-12-8-17(9-13-22)19(24)21-18-4-2-15(3-5-18)16-6-10-20-11-7-16;;/h2-5,16-17,20H,6-13H2,1H3,(H,21,24);;. The van der Waals surface area contributed by atoms with Gasteiger partial charge >= 0.3 is 35.5 Å². The van der Waals surface area contributed by atoms with Gasteiger partial charge in [0.2, 0.25) is 5.91 Å². The second-order valence-corrected chi connectivity index (χ2v) is 6.92. The Morgan fingerprint density at radius 3 is 2.27 bits per heavy atom. The summed E-state index contributed by atoms with van der Waals surface area (Å²) in [5.74, 6) is 0.335. The first kappa shape index (κ1) is 21.4. The van der Waals surface area contributed by atoms with Crippen LogP contribution >= 0.6 is 0 Å². The molecule has 2 saturated heterocycles. The van der Waals surface area contributed by atoms with E-state index < -0.39 is 0 Å². The van der Waals surface area contributed by atoms with Gasteiger partial charge in [-0.15, -0.1) is 5.06 Å². The minimum atomic E-state index is -0.309. The second-order valence-electron chi connectivity index (χ2n) is 6.92. The molecule has 2 heterocycles. The molecule has 3 rings (SSSR count). The van der Waals surface area contributed by atoms with Crippen molar-refractivity contribution >= 4 is 47.1 Å². The number of hydrogen-bond donors (Lipinski definition) is 2. The summed E-state index contributed by atoms with van der Waals surface area (Å²) in [6.45, 7) is 4.76. The molecule has 2 aliphatic heterocycles. The van der Waals surface area contributed by atoms with Gasteiger partial charge in [0, 0.05) is 31.6 Å². The molecule has 0 atom stereocenters. The zero-order chi connectivity index (χ0) is 17.6. The number of rotatable bonds is 4. The Morgan fingerprint density at radius 2 is 1.69 bits per heavy atom. The van der Waals surface area contributed by atoms with Crippen molar-refractivity contribution in [2.45, 2.75) is 38.5 Å². The SMILES string of the molecule is CC(=O)ON1CCC(C(=O)Nc2ccc(C3CCNCC3)cc2)CC1.[NaH]. The van der Waals surface area contributed by atoms with Crippen LogP contribution in [0.25, 0.3) is 0 Å². The Kier molecular flexibility index (Phi) is 8.57. The molecule has 0 saturated carbocycles. The molecule has 6 nitrogen and oxygen atoms in total. The van der Waals surface area contributed by atoms with Gasteiger partial charge in [0.1, 0.15) is 0 Å². The first-order valence-corrected chi connectivity index (χ1v) is 9.17. The van der Waals surface area contributed by atoms with E-state index in [1.54, 1.807) is 5.06 Å². The van der Waals surface area contributed by atoms with Crippen LogP contribution in [0.3, 0.4) is 0 Å². The number of piperidine rings is 2. The van der Waals surface area contributed by atoms with Crippen molar-refractivity contribution in [2.24, 2.45) is 5.92 Å². The zero-order valence-corrected chi connectivity index (χ0v) is 14.8. The van der Waals surface area contributed by atoms with Gasteiger partial charge in [0.05, 0.1) is 0 Å². The van der Waals surface area contributed by atoms with Gasteiger partial charge in [-0.05, 0) is 62.4 Å². The zero-order valence-electron chi connectivity index (χ0n) is 14.8. The van der Waals surface area contributed by atoms with Crippen LogP contribution in [0.4, 0.5) is 5.69 Å². The summed E-state index contributed by atoms with van der Waals surface area (Å²) < 4.78 is 0. The van der Waals surface area contributed by atoms with Crippen molar-refractivity contribution in [3.8, 4) is 0 Å². The quantitative estimate of drug-likeness (QED) is 0.790. The molecule has 1 amide bonds. The summed E-state index contributed by atoms with van der Waals surface area (Å²) in [6.07, 6.45) is 3.75. The van der Waals surface area contributed by atoms with Gasteiger partial charge in [-0.25, -0.2) is 0 Å². The van der Waals surface area contributed by atoms with Crippen molar-refractivity contribution in [3.05, 3.63) is 29.8 Å². The van der Waals surface area contributed by atoms with Crippen molar-refractivity contribution in [1.29, 1.82) is 0 Å². The summed E-state index contributed by atoms with van der Waals surface area (Å²) in [7, 11) is 0. The fraction of sp³-hybridized carbons (Fsp3) is 0.579. The molecule has 138 valence electrons. The summed E-state index contributed by atoms with van der Waals surface area (Å²) >= 11 is 0. The van der Waals surface area contributed by atoms with Crippen LogP contribution in [0.1, 0.15) is 44.1 Å². The van der Waals surface area contributed by atoms with Crippen molar-refractivity contribution in [1.82, 2.24) is 10.4 Å². The van der Waals surface area contributed by atoms with Gasteiger partial charge in [-0.3, -0.25) is 9.59 Å². The van der Waals surface area contributed by atoms with E-state index in [0.29, 0.717) is 31.8 Å². The topological polar surface area (TPSA) is 70.7 Å². The molecule has 2 fully saturated rings. The van der Waals surface area contributed by atoms with Gasteiger partial charge in [0.15, 0.2) is 0 Å². The fourth-order valence-electron chi connectivity index (χ4n) is 3.63. The van der Waals surface area contributed by atoms with Gasteiger partial charge in [-0.1, -0.05) is 12.1 Å². The number of amides is 1. The van der Waals surface area contributed by atoms with E-state index in [0.717, 1.165) is 18.8 Å². The van der Waals surface area contributed by atoms with Crippen molar-refractivity contribution in [2.75, 3.05) is 31.5 Å². The van der Waals surface area contributed by atoms with Gasteiger partial charge < -0.3 is 15.5 Å². The molecule has 0 unspecified atom stereocenters. The molecule has 2 aliphatic rings. The van der Waals surface area contributed by atoms with Crippen LogP contribution < -0.4 is 10.6 Å². The number of nitrogens with zero attached hydrogens (tertiary/aromatic N) is 1. The van der Waals surface area contributed by atoms with Crippen LogP contribution in [-0.4, -0.2) is 72.7 Å². The number of hydrogen-bond acceptors (Lipinski definition) is 5. The first-order valence-electron chi connectivity index (χ1n) is 9.17. The van der Waals surface area contributed by atoms with Crippen molar-refractivity contribution < 1.29 is 14.4 Å². The predicted molar refractivity (Wildman–Crippen MR) is 103 cm³/mol. The van der Waals surface area contributed by atoms with Crippen LogP contribution in [0.15, 0.2) is 24.3 Å². The molecular formula is C19H28N3NaO3. The normalized spacial score (nSPS) is 19.4. The molecule has 26 heavy (non-hydrogen) atoms. The number of carbonyl (C=O) groups excluding carboxylic acids is 2. The van der Waals surface area contributed by atoms with E-state index >= 15 is 0 Å². The molecule has 0 radical (unpaired) electrons. The second kappa shape index (κ2) is 10.4. The number of hydroxylamine groups is 2. The summed E-state index contributed by atoms with van der Waals surface area (Å²) in [6, 6.07) is 8.27. The predicted octanol–water partition coefficient (Wildman–Crippen LogP) is 1.63. The van der Waals surface area contributed by atoms with E-state index in [-0.39, 0.29) is 47.4 Å². The molecular weight excluding hydrogens is 341 g/mol. The van der Waals surface area contributed by atoms with Crippen LogP contribution in [0.2, 0.25) is 0 Å².